The van der Waals surface area contributed by atoms with E-state index in [4.69, 9.17) is 4.74 Å². The van der Waals surface area contributed by atoms with E-state index in [1.807, 2.05) is 65.0 Å². The van der Waals surface area contributed by atoms with Gasteiger partial charge in [-0.25, -0.2) is 0 Å². The van der Waals surface area contributed by atoms with Gasteiger partial charge in [0.1, 0.15) is 5.75 Å². The molecule has 2 rings (SSSR count). The molecule has 1 heterocycles. The lowest BCUT2D eigenvalue weighted by Crippen LogP contribution is -2.39. The molecule has 0 spiro atoms. The van der Waals surface area contributed by atoms with Crippen LogP contribution < -0.4 is 4.74 Å². The first-order chi connectivity index (χ1) is 13.1. The molecule has 0 unspecified atom stereocenters. The predicted octanol–water partition coefficient (Wildman–Crippen LogP) is 5.25. The van der Waals surface area contributed by atoms with Crippen LogP contribution in [0.3, 0.4) is 0 Å². The van der Waals surface area contributed by atoms with Crippen molar-refractivity contribution in [3.8, 4) is 5.75 Å². The molecule has 0 amide bonds. The molecule has 1 N–H and O–H groups in total. The molecule has 1 aromatic carbocycles. The fraction of sp³-hybridized carbons (Fsp3) is 0.417. The Morgan fingerprint density at radius 2 is 1.86 bits per heavy atom. The normalized spacial score (nSPS) is 19.3. The van der Waals surface area contributed by atoms with Gasteiger partial charge in [0.05, 0.1) is 5.56 Å². The number of fused-ring (bicyclic) bond motifs is 1. The highest BCUT2D eigenvalue weighted by Gasteiger charge is 2.46. The number of aryl methyl sites for hydroxylation is 1. The fourth-order valence-electron chi connectivity index (χ4n) is 3.08. The second kappa shape index (κ2) is 9.16. The van der Waals surface area contributed by atoms with Crippen LogP contribution in [0.5, 0.6) is 5.75 Å². The molecule has 0 saturated carbocycles. The van der Waals surface area contributed by atoms with Crippen LogP contribution in [0.4, 0.5) is 0 Å². The Bertz CT molecular complexity index is 853. The summed E-state index contributed by atoms with van der Waals surface area (Å²) in [6.45, 7) is 9.59. The van der Waals surface area contributed by atoms with Crippen LogP contribution in [-0.2, 0) is 4.79 Å². The van der Waals surface area contributed by atoms with Gasteiger partial charge in [0.25, 0.3) is 5.79 Å². The maximum Gasteiger partial charge on any atom is 0.276 e. The lowest BCUT2D eigenvalue weighted by molar-refractivity contribution is -0.114. The fourth-order valence-corrected chi connectivity index (χ4v) is 3.08. The van der Waals surface area contributed by atoms with E-state index in [-0.39, 0.29) is 18.0 Å². The minimum atomic E-state index is -1.83. The Morgan fingerprint density at radius 3 is 2.50 bits per heavy atom. The molecule has 0 fully saturated rings. The van der Waals surface area contributed by atoms with Gasteiger partial charge in [-0.15, -0.1) is 0 Å². The zero-order valence-corrected chi connectivity index (χ0v) is 17.5. The van der Waals surface area contributed by atoms with Gasteiger partial charge in [-0.1, -0.05) is 41.5 Å². The number of carbonyl (C=O) groups is 2. The van der Waals surface area contributed by atoms with Crippen molar-refractivity contribution < 1.29 is 19.4 Å². The van der Waals surface area contributed by atoms with Crippen molar-refractivity contribution in [3.05, 3.63) is 64.3 Å². The summed E-state index contributed by atoms with van der Waals surface area (Å²) in [7, 11) is 0. The first-order valence-corrected chi connectivity index (χ1v) is 9.69. The Kier molecular flexibility index (Phi) is 7.14. The summed E-state index contributed by atoms with van der Waals surface area (Å²) in [4.78, 5) is 24.6. The number of carbonyl (C=O) groups excluding carboxylic acids is 2. The number of benzene rings is 1. The predicted molar refractivity (Wildman–Crippen MR) is 112 cm³/mol. The summed E-state index contributed by atoms with van der Waals surface area (Å²) in [6.07, 6.45) is 7.76. The Balaban J connectivity index is 1.92. The topological polar surface area (TPSA) is 63.6 Å². The highest BCUT2D eigenvalue weighted by atomic mass is 16.6. The lowest BCUT2D eigenvalue weighted by Gasteiger charge is -2.19. The molecule has 1 aliphatic rings. The number of aliphatic hydroxyl groups is 1. The standard InChI is InChI=1S/C24H30O4/c1-16(2)12-13-20(25)18(4)9-6-8-17(3)14-15-24(27)23(26)22-19(5)10-7-11-21(22)28-24/h7,9-12,14,27H,6,8,13,15H2,1-5H3/b17-14+,18-9+/t24-/m0/s1. The van der Waals surface area contributed by atoms with E-state index in [1.54, 1.807) is 6.07 Å². The second-order valence-corrected chi connectivity index (χ2v) is 7.75. The lowest BCUT2D eigenvalue weighted by atomic mass is 9.98. The van der Waals surface area contributed by atoms with Crippen LogP contribution >= 0.6 is 0 Å². The molecule has 0 saturated heterocycles. The molecule has 0 aliphatic carbocycles. The van der Waals surface area contributed by atoms with Gasteiger partial charge >= 0.3 is 0 Å². The average molecular weight is 383 g/mol. The maximum atomic E-state index is 12.6. The Hall–Kier alpha value is -2.46. The van der Waals surface area contributed by atoms with Gasteiger partial charge in [-0.2, -0.15) is 0 Å². The van der Waals surface area contributed by atoms with E-state index < -0.39 is 5.79 Å². The highest BCUT2D eigenvalue weighted by molar-refractivity contribution is 6.07. The zero-order chi connectivity index (χ0) is 20.9. The molecule has 1 aromatic rings. The van der Waals surface area contributed by atoms with Crippen molar-refractivity contribution in [1.29, 1.82) is 0 Å². The van der Waals surface area contributed by atoms with Crippen molar-refractivity contribution in [3.63, 3.8) is 0 Å². The van der Waals surface area contributed by atoms with Gasteiger partial charge in [0.2, 0.25) is 5.78 Å². The number of allylic oxidation sites excluding steroid dienone is 5. The minimum absolute atomic E-state index is 0.105. The summed E-state index contributed by atoms with van der Waals surface area (Å²) in [6, 6.07) is 5.34. The molecule has 4 heteroatoms. The number of hydrogen-bond acceptors (Lipinski definition) is 4. The summed E-state index contributed by atoms with van der Waals surface area (Å²) in [5.74, 6) is -1.64. The molecular formula is C24H30O4. The molecule has 1 atom stereocenters. The van der Waals surface area contributed by atoms with Crippen LogP contribution in [0, 0.1) is 6.92 Å². The van der Waals surface area contributed by atoms with Gasteiger partial charge < -0.3 is 9.84 Å². The van der Waals surface area contributed by atoms with Crippen molar-refractivity contribution in [1.82, 2.24) is 0 Å². The van der Waals surface area contributed by atoms with Crippen LogP contribution in [0.15, 0.2) is 53.1 Å². The van der Waals surface area contributed by atoms with Crippen LogP contribution in [-0.4, -0.2) is 22.5 Å². The summed E-state index contributed by atoms with van der Waals surface area (Å²) >= 11 is 0. The quantitative estimate of drug-likeness (QED) is 0.493. The maximum absolute atomic E-state index is 12.6. The summed E-state index contributed by atoms with van der Waals surface area (Å²) in [5, 5.41) is 10.7. The molecule has 1 aliphatic heterocycles. The molecule has 0 radical (unpaired) electrons. The van der Waals surface area contributed by atoms with Crippen LogP contribution in [0.1, 0.15) is 69.3 Å². The van der Waals surface area contributed by atoms with Crippen molar-refractivity contribution in [2.45, 2.75) is 66.1 Å². The largest absolute Gasteiger partial charge is 0.453 e. The van der Waals surface area contributed by atoms with E-state index in [0.29, 0.717) is 17.7 Å². The van der Waals surface area contributed by atoms with E-state index in [9.17, 15) is 14.7 Å². The van der Waals surface area contributed by atoms with E-state index >= 15 is 0 Å². The average Bonchev–Trinajstić information content (AvgIpc) is 2.90. The second-order valence-electron chi connectivity index (χ2n) is 7.75. The summed E-state index contributed by atoms with van der Waals surface area (Å²) in [5.41, 5.74) is 4.21. The third kappa shape index (κ3) is 5.29. The van der Waals surface area contributed by atoms with E-state index in [0.717, 1.165) is 35.1 Å². The molecule has 0 bridgehead atoms. The molecular weight excluding hydrogens is 352 g/mol. The van der Waals surface area contributed by atoms with Crippen molar-refractivity contribution in [2.24, 2.45) is 0 Å². The van der Waals surface area contributed by atoms with Gasteiger partial charge in [0, 0.05) is 12.8 Å². The van der Waals surface area contributed by atoms with Gasteiger partial charge in [-0.05, 0) is 64.7 Å². The number of ketones is 2. The first kappa shape index (κ1) is 21.8. The van der Waals surface area contributed by atoms with Crippen molar-refractivity contribution >= 4 is 11.6 Å². The Morgan fingerprint density at radius 1 is 1.14 bits per heavy atom. The molecule has 4 nitrogen and oxygen atoms in total. The third-order valence-electron chi connectivity index (χ3n) is 4.95. The molecule has 28 heavy (non-hydrogen) atoms. The monoisotopic (exact) mass is 382 g/mol. The van der Waals surface area contributed by atoms with Crippen LogP contribution in [0.2, 0.25) is 0 Å². The summed E-state index contributed by atoms with van der Waals surface area (Å²) < 4.78 is 5.56. The van der Waals surface area contributed by atoms with E-state index in [2.05, 4.69) is 0 Å². The Labute approximate surface area is 167 Å². The minimum Gasteiger partial charge on any atom is -0.453 e. The molecule has 0 aromatic heterocycles. The number of rotatable bonds is 8. The number of hydrogen-bond donors (Lipinski definition) is 1. The third-order valence-corrected chi connectivity index (χ3v) is 4.95. The SMILES string of the molecule is CC(C)=CCC(=O)/C(C)=C/CC/C(C)=C/C[C@]1(O)Oc2cccc(C)c2C1=O. The van der Waals surface area contributed by atoms with Gasteiger partial charge in [0.15, 0.2) is 5.78 Å². The van der Waals surface area contributed by atoms with Crippen molar-refractivity contribution in [2.75, 3.05) is 0 Å². The number of ether oxygens (including phenoxy) is 1. The van der Waals surface area contributed by atoms with Crippen LogP contribution in [0.25, 0.3) is 0 Å². The number of Topliss-reactive ketones (excluding diaryl/α,β-unsaturated/α-hetero) is 2. The zero-order valence-electron chi connectivity index (χ0n) is 17.5. The highest BCUT2D eigenvalue weighted by Crippen LogP contribution is 2.37. The van der Waals surface area contributed by atoms with Gasteiger partial charge in [-0.3, -0.25) is 9.59 Å². The first-order valence-electron chi connectivity index (χ1n) is 9.69. The molecule has 150 valence electrons. The van der Waals surface area contributed by atoms with E-state index in [1.165, 1.54) is 0 Å². The smallest absolute Gasteiger partial charge is 0.276 e.